The maximum absolute atomic E-state index is 13.4. The molecule has 148 valence electrons. The summed E-state index contributed by atoms with van der Waals surface area (Å²) in [5, 5.41) is 14.2. The zero-order valence-electron chi connectivity index (χ0n) is 15.1. The second-order valence-corrected chi connectivity index (χ2v) is 6.67. The molecular weight excluding hydrogens is 383 g/mol. The van der Waals surface area contributed by atoms with E-state index in [4.69, 9.17) is 0 Å². The topological polar surface area (TPSA) is 72.7 Å². The lowest BCUT2D eigenvalue weighted by Gasteiger charge is -2.12. The fraction of sp³-hybridized carbons (Fsp3) is 0.200. The van der Waals surface area contributed by atoms with Gasteiger partial charge in [0.15, 0.2) is 5.82 Å². The van der Waals surface area contributed by atoms with Crippen LogP contribution in [0.1, 0.15) is 24.4 Å². The van der Waals surface area contributed by atoms with E-state index in [-0.39, 0.29) is 5.56 Å². The third kappa shape index (κ3) is 4.34. The van der Waals surface area contributed by atoms with Crippen molar-refractivity contribution in [2.24, 2.45) is 0 Å². The molecule has 1 heterocycles. The number of aromatic nitrogens is 4. The Bertz CT molecular complexity index is 1040. The van der Waals surface area contributed by atoms with Crippen LogP contribution in [0.4, 0.5) is 18.9 Å². The van der Waals surface area contributed by atoms with Gasteiger partial charge in [-0.3, -0.25) is 4.79 Å². The van der Waals surface area contributed by atoms with Crippen LogP contribution < -0.4 is 5.32 Å². The van der Waals surface area contributed by atoms with E-state index in [2.05, 4.69) is 20.8 Å². The first kappa shape index (κ1) is 18.9. The molecule has 1 aromatic heterocycles. The summed E-state index contributed by atoms with van der Waals surface area (Å²) in [5.41, 5.74) is 0.0546. The van der Waals surface area contributed by atoms with Gasteiger partial charge >= 0.3 is 6.18 Å². The molecule has 9 heteroatoms. The number of anilines is 1. The number of rotatable bonds is 5. The van der Waals surface area contributed by atoms with Gasteiger partial charge in [0, 0.05) is 17.3 Å². The number of hydrogen-bond donors (Lipinski definition) is 1. The van der Waals surface area contributed by atoms with Gasteiger partial charge in [-0.1, -0.05) is 30.3 Å². The van der Waals surface area contributed by atoms with E-state index in [1.165, 1.54) is 24.3 Å². The SMILES string of the molecule is O=C(/C=C(/c1ccccc1)C(F)(F)F)Nc1ccc(-c2nnnn2C2CC2)cc1. The molecule has 4 rings (SSSR count). The molecular formula is C20H16F3N5O. The molecule has 0 bridgehead atoms. The number of benzene rings is 2. The zero-order chi connectivity index (χ0) is 20.4. The minimum atomic E-state index is -4.65. The predicted molar refractivity (Wildman–Crippen MR) is 101 cm³/mol. The van der Waals surface area contributed by atoms with E-state index in [9.17, 15) is 18.0 Å². The van der Waals surface area contributed by atoms with E-state index >= 15 is 0 Å². The van der Waals surface area contributed by atoms with Crippen molar-refractivity contribution in [3.63, 3.8) is 0 Å². The highest BCUT2D eigenvalue weighted by atomic mass is 19.4. The Morgan fingerprint density at radius 1 is 1.07 bits per heavy atom. The normalized spacial score (nSPS) is 14.7. The van der Waals surface area contributed by atoms with Gasteiger partial charge in [-0.25, -0.2) is 4.68 Å². The molecule has 0 atom stereocenters. The Morgan fingerprint density at radius 2 is 1.76 bits per heavy atom. The maximum Gasteiger partial charge on any atom is 0.417 e. The highest BCUT2D eigenvalue weighted by Crippen LogP contribution is 2.37. The summed E-state index contributed by atoms with van der Waals surface area (Å²) < 4.78 is 41.8. The molecule has 0 aliphatic heterocycles. The Hall–Kier alpha value is -3.49. The molecule has 1 amide bonds. The van der Waals surface area contributed by atoms with Crippen LogP contribution in [0.2, 0.25) is 0 Å². The first-order valence-electron chi connectivity index (χ1n) is 8.95. The Kier molecular flexibility index (Phi) is 4.87. The van der Waals surface area contributed by atoms with Crippen LogP contribution >= 0.6 is 0 Å². The largest absolute Gasteiger partial charge is 0.417 e. The Morgan fingerprint density at radius 3 is 2.38 bits per heavy atom. The van der Waals surface area contributed by atoms with Crippen molar-refractivity contribution in [2.45, 2.75) is 25.1 Å². The van der Waals surface area contributed by atoms with Crippen LogP contribution in [-0.4, -0.2) is 32.3 Å². The van der Waals surface area contributed by atoms with Crippen molar-refractivity contribution in [1.82, 2.24) is 20.2 Å². The van der Waals surface area contributed by atoms with Crippen LogP contribution in [0.15, 0.2) is 60.7 Å². The minimum absolute atomic E-state index is 0.0718. The molecule has 0 saturated heterocycles. The van der Waals surface area contributed by atoms with Crippen molar-refractivity contribution in [1.29, 1.82) is 0 Å². The van der Waals surface area contributed by atoms with E-state index < -0.39 is 17.7 Å². The summed E-state index contributed by atoms with van der Waals surface area (Å²) in [5.74, 6) is -0.245. The smallest absolute Gasteiger partial charge is 0.322 e. The average Bonchev–Trinajstić information content (AvgIpc) is 3.43. The van der Waals surface area contributed by atoms with Gasteiger partial charge in [0.1, 0.15) is 0 Å². The Labute approximate surface area is 164 Å². The molecule has 1 fully saturated rings. The molecule has 1 N–H and O–H groups in total. The van der Waals surface area contributed by atoms with Gasteiger partial charge in [-0.2, -0.15) is 13.2 Å². The number of hydrogen-bond acceptors (Lipinski definition) is 4. The highest BCUT2D eigenvalue weighted by Gasteiger charge is 2.35. The van der Waals surface area contributed by atoms with E-state index in [1.54, 1.807) is 35.0 Å². The van der Waals surface area contributed by atoms with Crippen molar-refractivity contribution in [3.05, 3.63) is 66.2 Å². The molecule has 6 nitrogen and oxygen atoms in total. The fourth-order valence-corrected chi connectivity index (χ4v) is 2.91. The number of alkyl halides is 3. The number of carbonyl (C=O) groups excluding carboxylic acids is 1. The number of carbonyl (C=O) groups is 1. The summed E-state index contributed by atoms with van der Waals surface area (Å²) in [7, 11) is 0. The molecule has 1 saturated carbocycles. The molecule has 0 spiro atoms. The van der Waals surface area contributed by atoms with Gasteiger partial charge in [0.25, 0.3) is 0 Å². The summed E-state index contributed by atoms with van der Waals surface area (Å²) in [6, 6.07) is 14.1. The number of nitrogens with zero attached hydrogens (tertiary/aromatic N) is 4. The van der Waals surface area contributed by atoms with Crippen molar-refractivity contribution >= 4 is 17.2 Å². The molecule has 3 aromatic rings. The zero-order valence-corrected chi connectivity index (χ0v) is 15.1. The lowest BCUT2D eigenvalue weighted by molar-refractivity contribution is -0.112. The predicted octanol–water partition coefficient (Wildman–Crippen LogP) is 4.26. The van der Waals surface area contributed by atoms with Crippen LogP contribution in [0, 0.1) is 0 Å². The molecule has 1 aliphatic rings. The number of nitrogens with one attached hydrogen (secondary N) is 1. The van der Waals surface area contributed by atoms with Crippen molar-refractivity contribution in [3.8, 4) is 11.4 Å². The first-order chi connectivity index (χ1) is 13.9. The third-order valence-corrected chi connectivity index (χ3v) is 4.46. The van der Waals surface area contributed by atoms with Gasteiger partial charge < -0.3 is 5.32 Å². The summed E-state index contributed by atoms with van der Waals surface area (Å²) in [6.07, 6.45) is -2.03. The molecule has 0 unspecified atom stereocenters. The first-order valence-corrected chi connectivity index (χ1v) is 8.95. The van der Waals surface area contributed by atoms with Crippen molar-refractivity contribution < 1.29 is 18.0 Å². The van der Waals surface area contributed by atoms with Crippen molar-refractivity contribution in [2.75, 3.05) is 5.32 Å². The lowest BCUT2D eigenvalue weighted by Crippen LogP contribution is -2.16. The van der Waals surface area contributed by atoms with Crippen LogP contribution in [0.5, 0.6) is 0 Å². The maximum atomic E-state index is 13.4. The van der Waals surface area contributed by atoms with Crippen LogP contribution in [0.3, 0.4) is 0 Å². The second kappa shape index (κ2) is 7.50. The summed E-state index contributed by atoms with van der Waals surface area (Å²) in [6.45, 7) is 0. The molecule has 29 heavy (non-hydrogen) atoms. The van der Waals surface area contributed by atoms with Gasteiger partial charge in [0.05, 0.1) is 11.6 Å². The lowest BCUT2D eigenvalue weighted by atomic mass is 10.1. The summed E-state index contributed by atoms with van der Waals surface area (Å²) in [4.78, 5) is 12.2. The standard InChI is InChI=1S/C20H16F3N5O/c21-20(22,23)17(13-4-2-1-3-5-13)12-18(29)24-15-8-6-14(7-9-15)19-25-26-27-28(19)16-10-11-16/h1-9,12,16H,10-11H2,(H,24,29)/b17-12-. The van der Waals surface area contributed by atoms with E-state index in [1.807, 2.05) is 0 Å². The number of allylic oxidation sites excluding steroid dienone is 1. The molecule has 0 radical (unpaired) electrons. The van der Waals surface area contributed by atoms with E-state index in [0.29, 0.717) is 23.6 Å². The minimum Gasteiger partial charge on any atom is -0.322 e. The number of amides is 1. The average molecular weight is 399 g/mol. The van der Waals surface area contributed by atoms with Gasteiger partial charge in [0.2, 0.25) is 5.91 Å². The number of halogens is 3. The van der Waals surface area contributed by atoms with Gasteiger partial charge in [-0.05, 0) is 53.1 Å². The molecule has 1 aliphatic carbocycles. The Balaban J connectivity index is 1.52. The fourth-order valence-electron chi connectivity index (χ4n) is 2.91. The third-order valence-electron chi connectivity index (χ3n) is 4.46. The van der Waals surface area contributed by atoms with Crippen LogP contribution in [-0.2, 0) is 4.79 Å². The van der Waals surface area contributed by atoms with Gasteiger partial charge in [-0.15, -0.1) is 5.10 Å². The summed E-state index contributed by atoms with van der Waals surface area (Å²) >= 11 is 0. The van der Waals surface area contributed by atoms with E-state index in [0.717, 1.165) is 18.4 Å². The second-order valence-electron chi connectivity index (χ2n) is 6.67. The quantitative estimate of drug-likeness (QED) is 0.651. The van der Waals surface area contributed by atoms with Crippen LogP contribution in [0.25, 0.3) is 17.0 Å². The highest BCUT2D eigenvalue weighted by molar-refractivity contribution is 6.04. The molecule has 2 aromatic carbocycles. The monoisotopic (exact) mass is 399 g/mol. The number of tetrazole rings is 1.